The van der Waals surface area contributed by atoms with Crippen LogP contribution in [0.25, 0.3) is 0 Å². The predicted molar refractivity (Wildman–Crippen MR) is 81.8 cm³/mol. The van der Waals surface area contributed by atoms with Gasteiger partial charge in [-0.05, 0) is 43.9 Å². The highest BCUT2D eigenvalue weighted by Gasteiger charge is 2.42. The second kappa shape index (κ2) is 6.13. The Morgan fingerprint density at radius 2 is 2.05 bits per heavy atom. The van der Waals surface area contributed by atoms with Gasteiger partial charge in [-0.2, -0.15) is 0 Å². The molecular formula is C16H20Cl2O2. The maximum atomic E-state index is 6.24. The van der Waals surface area contributed by atoms with E-state index in [2.05, 4.69) is 0 Å². The molecule has 0 N–H and O–H groups in total. The molecule has 110 valence electrons. The van der Waals surface area contributed by atoms with Crippen molar-refractivity contribution in [2.75, 3.05) is 6.61 Å². The summed E-state index contributed by atoms with van der Waals surface area (Å²) in [5, 5.41) is 0.690. The van der Waals surface area contributed by atoms with E-state index in [-0.39, 0.29) is 11.7 Å². The van der Waals surface area contributed by atoms with Crippen LogP contribution in [0.15, 0.2) is 18.2 Å². The predicted octanol–water partition coefficient (Wildman–Crippen LogP) is 4.95. The van der Waals surface area contributed by atoms with Crippen molar-refractivity contribution >= 4 is 23.2 Å². The molecule has 0 amide bonds. The van der Waals surface area contributed by atoms with Crippen LogP contribution in [0.3, 0.4) is 0 Å². The van der Waals surface area contributed by atoms with Crippen LogP contribution in [0.2, 0.25) is 5.02 Å². The minimum Gasteiger partial charge on any atom is -0.491 e. The molecule has 1 atom stereocenters. The van der Waals surface area contributed by atoms with Crippen molar-refractivity contribution in [3.63, 3.8) is 0 Å². The lowest BCUT2D eigenvalue weighted by Crippen LogP contribution is -2.27. The number of ether oxygens (including phenoxy) is 2. The van der Waals surface area contributed by atoms with Gasteiger partial charge in [0.25, 0.3) is 0 Å². The summed E-state index contributed by atoms with van der Waals surface area (Å²) in [6.45, 7) is 0.604. The first kappa shape index (κ1) is 14.5. The van der Waals surface area contributed by atoms with E-state index in [0.29, 0.717) is 17.5 Å². The largest absolute Gasteiger partial charge is 0.491 e. The van der Waals surface area contributed by atoms with Crippen molar-refractivity contribution in [2.45, 2.75) is 56.1 Å². The molecule has 0 aromatic heterocycles. The molecule has 1 unspecified atom stereocenters. The van der Waals surface area contributed by atoms with Crippen LogP contribution in [0.5, 0.6) is 5.75 Å². The summed E-state index contributed by atoms with van der Waals surface area (Å²) in [5.74, 6) is 1.23. The Morgan fingerprint density at radius 3 is 2.80 bits per heavy atom. The van der Waals surface area contributed by atoms with E-state index in [0.717, 1.165) is 17.7 Å². The number of rotatable bonds is 4. The standard InChI is InChI=1S/C16H20Cl2O2/c17-10-12-9-13(18)3-4-15(12)19-11-14-5-8-16(20-14)6-1-2-7-16/h3-4,9,14H,1-2,5-8,10-11H2. The summed E-state index contributed by atoms with van der Waals surface area (Å²) in [4.78, 5) is 0. The molecule has 1 spiro atoms. The van der Waals surface area contributed by atoms with Gasteiger partial charge >= 0.3 is 0 Å². The molecule has 1 aromatic carbocycles. The Kier molecular flexibility index (Phi) is 4.44. The Hall–Kier alpha value is -0.440. The highest BCUT2D eigenvalue weighted by molar-refractivity contribution is 6.30. The smallest absolute Gasteiger partial charge is 0.123 e. The van der Waals surface area contributed by atoms with E-state index in [4.69, 9.17) is 32.7 Å². The second-order valence-corrected chi connectivity index (χ2v) is 6.57. The minimum absolute atomic E-state index is 0.170. The maximum Gasteiger partial charge on any atom is 0.123 e. The molecule has 1 aromatic rings. The molecule has 2 nitrogen and oxygen atoms in total. The average molecular weight is 315 g/mol. The fourth-order valence-electron chi connectivity index (χ4n) is 3.38. The number of alkyl halides is 1. The zero-order valence-corrected chi connectivity index (χ0v) is 13.1. The lowest BCUT2D eigenvalue weighted by Gasteiger charge is -2.24. The lowest BCUT2D eigenvalue weighted by atomic mass is 9.98. The Balaban J connectivity index is 1.57. The molecule has 1 aliphatic carbocycles. The Bertz CT molecular complexity index is 470. The molecule has 1 heterocycles. The Labute approximate surface area is 130 Å². The number of halogens is 2. The lowest BCUT2D eigenvalue weighted by molar-refractivity contribution is -0.0509. The van der Waals surface area contributed by atoms with Gasteiger partial charge in [0.05, 0.1) is 17.6 Å². The quantitative estimate of drug-likeness (QED) is 0.732. The van der Waals surface area contributed by atoms with Crippen LogP contribution in [-0.2, 0) is 10.6 Å². The summed E-state index contributed by atoms with van der Waals surface area (Å²) in [7, 11) is 0. The normalized spacial score (nSPS) is 24.4. The van der Waals surface area contributed by atoms with Crippen molar-refractivity contribution in [2.24, 2.45) is 0 Å². The van der Waals surface area contributed by atoms with Crippen molar-refractivity contribution in [3.05, 3.63) is 28.8 Å². The van der Waals surface area contributed by atoms with Crippen LogP contribution < -0.4 is 4.74 Å². The zero-order chi connectivity index (χ0) is 14.0. The molecule has 20 heavy (non-hydrogen) atoms. The number of hydrogen-bond acceptors (Lipinski definition) is 2. The summed E-state index contributed by atoms with van der Waals surface area (Å²) < 4.78 is 12.1. The topological polar surface area (TPSA) is 18.5 Å². The van der Waals surface area contributed by atoms with E-state index < -0.39 is 0 Å². The monoisotopic (exact) mass is 314 g/mol. The van der Waals surface area contributed by atoms with E-state index in [1.54, 1.807) is 0 Å². The van der Waals surface area contributed by atoms with Crippen LogP contribution >= 0.6 is 23.2 Å². The first-order valence-corrected chi connectivity index (χ1v) is 8.27. The summed E-state index contributed by atoms with van der Waals surface area (Å²) in [6, 6.07) is 5.58. The van der Waals surface area contributed by atoms with Crippen molar-refractivity contribution < 1.29 is 9.47 Å². The zero-order valence-electron chi connectivity index (χ0n) is 11.5. The summed E-state index contributed by atoms with van der Waals surface area (Å²) in [6.07, 6.45) is 7.55. The first-order valence-electron chi connectivity index (χ1n) is 7.36. The van der Waals surface area contributed by atoms with Gasteiger partial charge in [0, 0.05) is 10.6 Å². The molecular weight excluding hydrogens is 295 g/mol. The highest BCUT2D eigenvalue weighted by Crippen LogP contribution is 2.43. The van der Waals surface area contributed by atoms with Crippen molar-refractivity contribution in [1.29, 1.82) is 0 Å². The molecule has 0 radical (unpaired) electrons. The molecule has 2 fully saturated rings. The van der Waals surface area contributed by atoms with Gasteiger partial charge in [0.1, 0.15) is 12.4 Å². The second-order valence-electron chi connectivity index (χ2n) is 5.87. The Morgan fingerprint density at radius 1 is 1.25 bits per heavy atom. The van der Waals surface area contributed by atoms with Gasteiger partial charge < -0.3 is 9.47 Å². The number of benzene rings is 1. The maximum absolute atomic E-state index is 6.24. The fourth-order valence-corrected chi connectivity index (χ4v) is 3.78. The third kappa shape index (κ3) is 3.08. The molecule has 0 bridgehead atoms. The van der Waals surface area contributed by atoms with Gasteiger partial charge in [-0.1, -0.05) is 24.4 Å². The molecule has 1 aliphatic heterocycles. The van der Waals surface area contributed by atoms with Crippen LogP contribution in [0.1, 0.15) is 44.1 Å². The molecule has 1 saturated carbocycles. The summed E-state index contributed by atoms with van der Waals surface area (Å²) in [5.41, 5.74) is 1.11. The third-order valence-electron chi connectivity index (χ3n) is 4.44. The molecule has 1 saturated heterocycles. The van der Waals surface area contributed by atoms with Gasteiger partial charge in [-0.25, -0.2) is 0 Å². The van der Waals surface area contributed by atoms with Crippen molar-refractivity contribution in [3.8, 4) is 5.75 Å². The SMILES string of the molecule is ClCc1cc(Cl)ccc1OCC1CCC2(CCCC2)O1. The molecule has 4 heteroatoms. The van der Waals surface area contributed by atoms with E-state index >= 15 is 0 Å². The third-order valence-corrected chi connectivity index (χ3v) is 4.97. The first-order chi connectivity index (χ1) is 9.71. The van der Waals surface area contributed by atoms with Crippen molar-refractivity contribution in [1.82, 2.24) is 0 Å². The van der Waals surface area contributed by atoms with E-state index in [1.807, 2.05) is 18.2 Å². The van der Waals surface area contributed by atoms with Gasteiger partial charge in [-0.3, -0.25) is 0 Å². The van der Waals surface area contributed by atoms with Crippen LogP contribution in [0, 0.1) is 0 Å². The van der Waals surface area contributed by atoms with Crippen LogP contribution in [-0.4, -0.2) is 18.3 Å². The minimum atomic E-state index is 0.170. The molecule has 3 rings (SSSR count). The highest BCUT2D eigenvalue weighted by atomic mass is 35.5. The van der Waals surface area contributed by atoms with E-state index in [9.17, 15) is 0 Å². The van der Waals surface area contributed by atoms with Gasteiger partial charge in [0.2, 0.25) is 0 Å². The summed E-state index contributed by atoms with van der Waals surface area (Å²) >= 11 is 11.9. The van der Waals surface area contributed by atoms with E-state index in [1.165, 1.54) is 32.1 Å². The van der Waals surface area contributed by atoms with Gasteiger partial charge in [0.15, 0.2) is 0 Å². The molecule has 2 aliphatic rings. The fraction of sp³-hybridized carbons (Fsp3) is 0.625. The number of hydrogen-bond donors (Lipinski definition) is 0. The van der Waals surface area contributed by atoms with Crippen LogP contribution in [0.4, 0.5) is 0 Å². The average Bonchev–Trinajstić information content (AvgIpc) is 3.08. The van der Waals surface area contributed by atoms with Gasteiger partial charge in [-0.15, -0.1) is 11.6 Å².